The van der Waals surface area contributed by atoms with Gasteiger partial charge < -0.3 is 11.1 Å². The van der Waals surface area contributed by atoms with Gasteiger partial charge in [0, 0.05) is 12.6 Å². The number of halogens is 2. The average molecular weight is 350 g/mol. The zero-order valence-electron chi connectivity index (χ0n) is 10.4. The first-order chi connectivity index (χ1) is 8.00. The molecule has 3 N–H and O–H groups in total. The summed E-state index contributed by atoms with van der Waals surface area (Å²) in [5.74, 6) is 0.528. The number of hydrogen-bond acceptors (Lipinski definition) is 2. The molecule has 0 spiro atoms. The molecule has 1 aromatic carbocycles. The maximum atomic E-state index is 13.3. The number of nitrogens with one attached hydrogen (secondary N) is 1. The Hall–Kier alpha value is -0.520. The first-order valence-electron chi connectivity index (χ1n) is 5.99. The number of nitrogens with two attached hydrogens (primary N) is 1. The van der Waals surface area contributed by atoms with E-state index in [0.717, 1.165) is 18.9 Å². The monoisotopic (exact) mass is 350 g/mol. The fourth-order valence-corrected chi connectivity index (χ4v) is 2.11. The van der Waals surface area contributed by atoms with E-state index in [1.54, 1.807) is 6.07 Å². The summed E-state index contributed by atoms with van der Waals surface area (Å²) in [7, 11) is 0. The lowest BCUT2D eigenvalue weighted by Crippen LogP contribution is -2.05. The maximum Gasteiger partial charge on any atom is 0.138 e. The predicted molar refractivity (Wildman–Crippen MR) is 80.7 cm³/mol. The van der Waals surface area contributed by atoms with Crippen molar-refractivity contribution >= 4 is 34.0 Å². The summed E-state index contributed by atoms with van der Waals surface area (Å²) >= 11 is 1.94. The van der Waals surface area contributed by atoms with Crippen LogP contribution in [0.1, 0.15) is 33.1 Å². The van der Waals surface area contributed by atoms with Gasteiger partial charge in [0.25, 0.3) is 0 Å². The second kappa shape index (κ2) is 7.03. The minimum absolute atomic E-state index is 0.218. The summed E-state index contributed by atoms with van der Waals surface area (Å²) in [6.45, 7) is 5.29. The standard InChI is InChI=1S/C13H20FIN2/c1-9(2)5-3-4-6-17-13-7-10(14)11(15)8-12(13)16/h7-9,17H,3-6,16H2,1-2H3. The molecule has 17 heavy (non-hydrogen) atoms. The van der Waals surface area contributed by atoms with Crippen molar-refractivity contribution in [1.82, 2.24) is 0 Å². The van der Waals surface area contributed by atoms with Crippen molar-refractivity contribution in [1.29, 1.82) is 0 Å². The topological polar surface area (TPSA) is 38.0 Å². The van der Waals surface area contributed by atoms with Crippen LogP contribution in [0.3, 0.4) is 0 Å². The zero-order chi connectivity index (χ0) is 12.8. The van der Waals surface area contributed by atoms with Crippen molar-refractivity contribution in [2.45, 2.75) is 33.1 Å². The van der Waals surface area contributed by atoms with Crippen LogP contribution in [0.5, 0.6) is 0 Å². The highest BCUT2D eigenvalue weighted by Gasteiger charge is 2.05. The molecule has 0 atom stereocenters. The van der Waals surface area contributed by atoms with Gasteiger partial charge in [-0.15, -0.1) is 0 Å². The third kappa shape index (κ3) is 5.10. The van der Waals surface area contributed by atoms with Crippen molar-refractivity contribution in [2.75, 3.05) is 17.6 Å². The molecule has 0 aliphatic heterocycles. The fraction of sp³-hybridized carbons (Fsp3) is 0.538. The molecular formula is C13H20FIN2. The molecule has 0 bridgehead atoms. The largest absolute Gasteiger partial charge is 0.397 e. The minimum Gasteiger partial charge on any atom is -0.397 e. The molecule has 2 nitrogen and oxygen atoms in total. The van der Waals surface area contributed by atoms with Crippen LogP contribution in [0.2, 0.25) is 0 Å². The molecular weight excluding hydrogens is 330 g/mol. The average Bonchev–Trinajstić information content (AvgIpc) is 2.24. The Bertz CT molecular complexity index is 367. The van der Waals surface area contributed by atoms with Gasteiger partial charge in [-0.2, -0.15) is 0 Å². The highest BCUT2D eigenvalue weighted by molar-refractivity contribution is 14.1. The van der Waals surface area contributed by atoms with Crippen LogP contribution in [-0.4, -0.2) is 6.54 Å². The lowest BCUT2D eigenvalue weighted by molar-refractivity contribution is 0.545. The molecule has 0 heterocycles. The van der Waals surface area contributed by atoms with Crippen molar-refractivity contribution in [3.8, 4) is 0 Å². The molecule has 0 saturated carbocycles. The first-order valence-corrected chi connectivity index (χ1v) is 7.07. The Morgan fingerprint density at radius 2 is 2.06 bits per heavy atom. The normalized spacial score (nSPS) is 10.9. The van der Waals surface area contributed by atoms with E-state index in [-0.39, 0.29) is 5.82 Å². The lowest BCUT2D eigenvalue weighted by atomic mass is 10.1. The van der Waals surface area contributed by atoms with Gasteiger partial charge in [0.15, 0.2) is 0 Å². The highest BCUT2D eigenvalue weighted by atomic mass is 127. The summed E-state index contributed by atoms with van der Waals surface area (Å²) in [6.07, 6.45) is 3.51. The van der Waals surface area contributed by atoms with E-state index in [1.807, 2.05) is 22.6 Å². The van der Waals surface area contributed by atoms with Crippen LogP contribution in [0, 0.1) is 15.3 Å². The molecule has 0 amide bonds. The van der Waals surface area contributed by atoms with Crippen molar-refractivity contribution in [3.05, 3.63) is 21.5 Å². The van der Waals surface area contributed by atoms with Crippen molar-refractivity contribution in [3.63, 3.8) is 0 Å². The zero-order valence-corrected chi connectivity index (χ0v) is 12.6. The molecule has 0 aliphatic carbocycles. The number of unbranched alkanes of at least 4 members (excludes halogenated alkanes) is 1. The van der Waals surface area contributed by atoms with E-state index in [4.69, 9.17) is 5.73 Å². The van der Waals surface area contributed by atoms with E-state index in [2.05, 4.69) is 19.2 Å². The number of benzene rings is 1. The molecule has 4 heteroatoms. The smallest absolute Gasteiger partial charge is 0.138 e. The van der Waals surface area contributed by atoms with E-state index in [9.17, 15) is 4.39 Å². The van der Waals surface area contributed by atoms with Gasteiger partial charge in [-0.3, -0.25) is 0 Å². The quantitative estimate of drug-likeness (QED) is 0.457. The van der Waals surface area contributed by atoms with E-state index in [0.29, 0.717) is 14.9 Å². The third-order valence-electron chi connectivity index (χ3n) is 2.62. The van der Waals surface area contributed by atoms with Gasteiger partial charge in [-0.25, -0.2) is 4.39 Å². The Morgan fingerprint density at radius 1 is 1.35 bits per heavy atom. The van der Waals surface area contributed by atoms with Crippen LogP contribution in [0.4, 0.5) is 15.8 Å². The number of nitrogen functional groups attached to an aromatic ring is 1. The van der Waals surface area contributed by atoms with Crippen LogP contribution in [0.25, 0.3) is 0 Å². The van der Waals surface area contributed by atoms with Crippen LogP contribution in [-0.2, 0) is 0 Å². The maximum absolute atomic E-state index is 13.3. The molecule has 0 radical (unpaired) electrons. The molecule has 0 unspecified atom stereocenters. The number of rotatable bonds is 6. The SMILES string of the molecule is CC(C)CCCCNc1cc(F)c(I)cc1N. The van der Waals surface area contributed by atoms with Gasteiger partial charge in [0.05, 0.1) is 14.9 Å². The van der Waals surface area contributed by atoms with Gasteiger partial charge in [-0.1, -0.05) is 26.7 Å². The molecule has 0 fully saturated rings. The third-order valence-corrected chi connectivity index (χ3v) is 3.44. The molecule has 1 aromatic rings. The van der Waals surface area contributed by atoms with Gasteiger partial charge >= 0.3 is 0 Å². The Morgan fingerprint density at radius 3 is 2.71 bits per heavy atom. The lowest BCUT2D eigenvalue weighted by Gasteiger charge is -2.10. The second-order valence-corrected chi connectivity index (χ2v) is 5.83. The second-order valence-electron chi connectivity index (χ2n) is 4.67. The van der Waals surface area contributed by atoms with Crippen molar-refractivity contribution in [2.24, 2.45) is 5.92 Å². The molecule has 96 valence electrons. The van der Waals surface area contributed by atoms with E-state index in [1.165, 1.54) is 18.9 Å². The van der Waals surface area contributed by atoms with E-state index < -0.39 is 0 Å². The molecule has 0 saturated heterocycles. The summed E-state index contributed by atoms with van der Waals surface area (Å²) in [5, 5.41) is 3.19. The summed E-state index contributed by atoms with van der Waals surface area (Å²) in [4.78, 5) is 0. The predicted octanol–water partition coefficient (Wildman–Crippen LogP) is 4.25. The Kier molecular flexibility index (Phi) is 6.02. The van der Waals surface area contributed by atoms with Gasteiger partial charge in [0.1, 0.15) is 5.82 Å². The Balaban J connectivity index is 2.39. The van der Waals surface area contributed by atoms with Crippen LogP contribution >= 0.6 is 22.6 Å². The molecule has 0 aromatic heterocycles. The number of hydrogen-bond donors (Lipinski definition) is 2. The molecule has 1 rings (SSSR count). The van der Waals surface area contributed by atoms with Gasteiger partial charge in [-0.05, 0) is 41.0 Å². The van der Waals surface area contributed by atoms with Gasteiger partial charge in [0.2, 0.25) is 0 Å². The van der Waals surface area contributed by atoms with Crippen LogP contribution < -0.4 is 11.1 Å². The molecule has 0 aliphatic rings. The fourth-order valence-electron chi connectivity index (χ4n) is 1.62. The van der Waals surface area contributed by atoms with Crippen molar-refractivity contribution < 1.29 is 4.39 Å². The van der Waals surface area contributed by atoms with E-state index >= 15 is 0 Å². The summed E-state index contributed by atoms with van der Waals surface area (Å²) in [5.41, 5.74) is 7.13. The minimum atomic E-state index is -0.218. The Labute approximate surface area is 116 Å². The van der Waals surface area contributed by atoms with Crippen LogP contribution in [0.15, 0.2) is 12.1 Å². The highest BCUT2D eigenvalue weighted by Crippen LogP contribution is 2.24. The summed E-state index contributed by atoms with van der Waals surface area (Å²) in [6, 6.07) is 3.13. The first kappa shape index (κ1) is 14.5. The number of anilines is 2. The summed E-state index contributed by atoms with van der Waals surface area (Å²) < 4.78 is 13.9.